The lowest BCUT2D eigenvalue weighted by Gasteiger charge is -2.36. The lowest BCUT2D eigenvalue weighted by Crippen LogP contribution is -2.55. The third-order valence-electron chi connectivity index (χ3n) is 3.45. The fourth-order valence-electron chi connectivity index (χ4n) is 2.39. The largest absolute Gasteiger partial charge is 0.480 e. The smallest absolute Gasteiger partial charge is 0.331 e. The maximum atomic E-state index is 11.7. The molecule has 0 radical (unpaired) electrons. The average molecular weight is 233 g/mol. The van der Waals surface area contributed by atoms with Crippen molar-refractivity contribution in [1.29, 1.82) is 0 Å². The normalized spacial score (nSPS) is 27.5. The lowest BCUT2D eigenvalue weighted by atomic mass is 9.85. The van der Waals surface area contributed by atoms with Gasteiger partial charge >= 0.3 is 5.97 Å². The van der Waals surface area contributed by atoms with Crippen LogP contribution < -0.4 is 5.32 Å². The molecule has 0 saturated heterocycles. The predicted octanol–water partition coefficient (Wildman–Crippen LogP) is 1.25. The zero-order valence-electron chi connectivity index (χ0n) is 9.48. The molecule has 1 aliphatic heterocycles. The highest BCUT2D eigenvalue weighted by Crippen LogP contribution is 2.34. The van der Waals surface area contributed by atoms with Crippen LogP contribution in [0.25, 0.3) is 0 Å². The van der Waals surface area contributed by atoms with Gasteiger partial charge in [-0.05, 0) is 24.0 Å². The second kappa shape index (κ2) is 3.82. The van der Waals surface area contributed by atoms with Crippen molar-refractivity contribution in [1.82, 2.24) is 5.32 Å². The van der Waals surface area contributed by atoms with Crippen molar-refractivity contribution in [2.45, 2.75) is 31.0 Å². The number of benzene rings is 1. The minimum Gasteiger partial charge on any atom is -0.480 e. The van der Waals surface area contributed by atoms with Crippen LogP contribution in [-0.4, -0.2) is 23.7 Å². The number of ether oxygens (including phenoxy) is 1. The molecule has 1 aromatic rings. The number of hydrogen-bond acceptors (Lipinski definition) is 3. The predicted molar refractivity (Wildman–Crippen MR) is 61.6 cm³/mol. The van der Waals surface area contributed by atoms with Crippen LogP contribution in [0.4, 0.5) is 0 Å². The third kappa shape index (κ3) is 1.73. The Hall–Kier alpha value is -1.39. The molecule has 1 heterocycles. The molecule has 1 saturated carbocycles. The number of fused-ring (bicyclic) bond motifs is 1. The molecule has 4 nitrogen and oxygen atoms in total. The van der Waals surface area contributed by atoms with Gasteiger partial charge in [0.1, 0.15) is 0 Å². The van der Waals surface area contributed by atoms with Gasteiger partial charge in [-0.3, -0.25) is 5.32 Å². The maximum Gasteiger partial charge on any atom is 0.331 e. The van der Waals surface area contributed by atoms with Gasteiger partial charge in [0, 0.05) is 6.04 Å². The Balaban J connectivity index is 2.06. The summed E-state index contributed by atoms with van der Waals surface area (Å²) in [4.78, 5) is 11.7. The fourth-order valence-corrected chi connectivity index (χ4v) is 2.39. The summed E-state index contributed by atoms with van der Waals surface area (Å²) in [7, 11) is 0. The molecule has 0 spiro atoms. The van der Waals surface area contributed by atoms with Gasteiger partial charge in [-0.2, -0.15) is 0 Å². The summed E-state index contributed by atoms with van der Waals surface area (Å²) in [5.41, 5.74) is 0.760. The van der Waals surface area contributed by atoms with Crippen molar-refractivity contribution in [3.05, 3.63) is 35.4 Å². The average Bonchev–Trinajstić information content (AvgIpc) is 3.13. The van der Waals surface area contributed by atoms with Gasteiger partial charge in [0.05, 0.1) is 13.2 Å². The summed E-state index contributed by atoms with van der Waals surface area (Å²) in [6, 6.07) is 7.94. The minimum absolute atomic E-state index is 0.204. The molecule has 90 valence electrons. The van der Waals surface area contributed by atoms with E-state index in [4.69, 9.17) is 4.74 Å². The molecule has 3 rings (SSSR count). The van der Waals surface area contributed by atoms with Gasteiger partial charge in [0.2, 0.25) is 0 Å². The zero-order chi connectivity index (χ0) is 11.9. The molecular weight excluding hydrogens is 218 g/mol. The van der Waals surface area contributed by atoms with Gasteiger partial charge < -0.3 is 9.84 Å². The highest BCUT2D eigenvalue weighted by atomic mass is 16.5. The number of aliphatic carboxylic acids is 1. The second-order valence-electron chi connectivity index (χ2n) is 4.78. The van der Waals surface area contributed by atoms with Crippen LogP contribution in [0.1, 0.15) is 24.0 Å². The van der Waals surface area contributed by atoms with E-state index < -0.39 is 11.5 Å². The van der Waals surface area contributed by atoms with Crippen LogP contribution in [0.3, 0.4) is 0 Å². The standard InChI is InChI=1S/C13H15NO3/c15-12(16)13(14-10-5-6-10)8-17-7-9-3-1-2-4-11(9)13/h1-4,10,14H,5-8H2,(H,15,16). The monoisotopic (exact) mass is 233 g/mol. The molecule has 1 aliphatic carbocycles. The summed E-state index contributed by atoms with van der Waals surface area (Å²) in [5, 5.41) is 12.8. The number of carboxylic acids is 1. The van der Waals surface area contributed by atoms with Crippen LogP contribution in [0.2, 0.25) is 0 Å². The SMILES string of the molecule is O=C(O)C1(NC2CC2)COCc2ccccc21. The van der Waals surface area contributed by atoms with E-state index in [9.17, 15) is 9.90 Å². The molecule has 0 amide bonds. The van der Waals surface area contributed by atoms with E-state index >= 15 is 0 Å². The Bertz CT molecular complexity index is 456. The Labute approximate surface area is 99.6 Å². The van der Waals surface area contributed by atoms with Crippen molar-refractivity contribution in [2.75, 3.05) is 6.61 Å². The number of rotatable bonds is 3. The number of carboxylic acid groups (broad SMARTS) is 1. The van der Waals surface area contributed by atoms with Crippen LogP contribution in [0, 0.1) is 0 Å². The van der Waals surface area contributed by atoms with E-state index in [1.54, 1.807) is 0 Å². The van der Waals surface area contributed by atoms with Crippen molar-refractivity contribution in [2.24, 2.45) is 0 Å². The summed E-state index contributed by atoms with van der Waals surface area (Å²) in [6.07, 6.45) is 2.11. The minimum atomic E-state index is -1.06. The first kappa shape index (κ1) is 10.7. The number of hydrogen-bond donors (Lipinski definition) is 2. The molecule has 4 heteroatoms. The van der Waals surface area contributed by atoms with Crippen LogP contribution in [0.5, 0.6) is 0 Å². The maximum absolute atomic E-state index is 11.7. The topological polar surface area (TPSA) is 58.6 Å². The highest BCUT2D eigenvalue weighted by molar-refractivity contribution is 5.82. The fraction of sp³-hybridized carbons (Fsp3) is 0.462. The molecule has 2 aliphatic rings. The first-order chi connectivity index (χ1) is 8.22. The zero-order valence-corrected chi connectivity index (χ0v) is 9.48. The van der Waals surface area contributed by atoms with Crippen LogP contribution in [0.15, 0.2) is 24.3 Å². The van der Waals surface area contributed by atoms with Gasteiger partial charge in [0.25, 0.3) is 0 Å². The molecule has 1 aromatic carbocycles. The molecular formula is C13H15NO3. The van der Waals surface area contributed by atoms with Gasteiger partial charge in [0.15, 0.2) is 5.54 Å². The van der Waals surface area contributed by atoms with E-state index in [1.165, 1.54) is 0 Å². The van der Waals surface area contributed by atoms with Crippen molar-refractivity contribution >= 4 is 5.97 Å². The first-order valence-electron chi connectivity index (χ1n) is 5.89. The third-order valence-corrected chi connectivity index (χ3v) is 3.45. The Morgan fingerprint density at radius 3 is 2.88 bits per heavy atom. The molecule has 0 bridgehead atoms. The lowest BCUT2D eigenvalue weighted by molar-refractivity contribution is -0.150. The molecule has 1 fully saturated rings. The van der Waals surface area contributed by atoms with E-state index in [0.717, 1.165) is 24.0 Å². The van der Waals surface area contributed by atoms with Gasteiger partial charge in [-0.1, -0.05) is 24.3 Å². The number of carbonyl (C=O) groups is 1. The van der Waals surface area contributed by atoms with Gasteiger partial charge in [-0.15, -0.1) is 0 Å². The molecule has 1 atom stereocenters. The summed E-state index contributed by atoms with van der Waals surface area (Å²) in [6.45, 7) is 0.702. The Morgan fingerprint density at radius 1 is 1.41 bits per heavy atom. The number of nitrogens with one attached hydrogen (secondary N) is 1. The molecule has 1 unspecified atom stereocenters. The Kier molecular flexibility index (Phi) is 2.42. The summed E-state index contributed by atoms with van der Waals surface area (Å²) >= 11 is 0. The molecule has 0 aromatic heterocycles. The summed E-state index contributed by atoms with van der Waals surface area (Å²) in [5.74, 6) is -0.850. The van der Waals surface area contributed by atoms with Gasteiger partial charge in [-0.25, -0.2) is 4.79 Å². The van der Waals surface area contributed by atoms with Crippen molar-refractivity contribution in [3.8, 4) is 0 Å². The van der Waals surface area contributed by atoms with Crippen LogP contribution in [-0.2, 0) is 21.7 Å². The second-order valence-corrected chi connectivity index (χ2v) is 4.78. The molecule has 17 heavy (non-hydrogen) atoms. The van der Waals surface area contributed by atoms with Crippen molar-refractivity contribution in [3.63, 3.8) is 0 Å². The van der Waals surface area contributed by atoms with E-state index in [2.05, 4.69) is 5.32 Å². The summed E-state index contributed by atoms with van der Waals surface area (Å²) < 4.78 is 5.46. The van der Waals surface area contributed by atoms with Crippen molar-refractivity contribution < 1.29 is 14.6 Å². The highest BCUT2D eigenvalue weighted by Gasteiger charge is 2.47. The van der Waals surface area contributed by atoms with E-state index in [0.29, 0.717) is 12.6 Å². The van der Waals surface area contributed by atoms with E-state index in [-0.39, 0.29) is 6.61 Å². The van der Waals surface area contributed by atoms with Crippen LogP contribution >= 0.6 is 0 Å². The Morgan fingerprint density at radius 2 is 2.18 bits per heavy atom. The quantitative estimate of drug-likeness (QED) is 0.825. The molecule has 2 N–H and O–H groups in total. The first-order valence-corrected chi connectivity index (χ1v) is 5.89. The van der Waals surface area contributed by atoms with E-state index in [1.807, 2.05) is 24.3 Å².